The van der Waals surface area contributed by atoms with Crippen molar-refractivity contribution in [1.29, 1.82) is 0 Å². The lowest BCUT2D eigenvalue weighted by Gasteiger charge is -2.00. The van der Waals surface area contributed by atoms with Crippen LogP contribution in [-0.2, 0) is 5.75 Å². The van der Waals surface area contributed by atoms with E-state index in [0.29, 0.717) is 0 Å². The van der Waals surface area contributed by atoms with E-state index in [1.165, 1.54) is 23.1 Å². The lowest BCUT2D eigenvalue weighted by atomic mass is 10.2. The fourth-order valence-corrected chi connectivity index (χ4v) is 2.26. The van der Waals surface area contributed by atoms with Crippen LogP contribution in [0.1, 0.15) is 18.9 Å². The van der Waals surface area contributed by atoms with E-state index in [0.717, 1.165) is 11.3 Å². The van der Waals surface area contributed by atoms with Crippen LogP contribution in [0, 0.1) is 0 Å². The van der Waals surface area contributed by atoms with Gasteiger partial charge in [0.15, 0.2) is 0 Å². The standard InChI is InChI=1S/C11H14N2S/c1-2-5-14-8-9-3-4-11-10(6-9)7-12-13-11/h3-4,6-7H,2,5,8H2,1H3,(H,12,13). The van der Waals surface area contributed by atoms with Gasteiger partial charge in [0, 0.05) is 11.1 Å². The smallest absolute Gasteiger partial charge is 0.0650 e. The van der Waals surface area contributed by atoms with Crippen LogP contribution >= 0.6 is 11.8 Å². The Hall–Kier alpha value is -0.960. The van der Waals surface area contributed by atoms with Crippen molar-refractivity contribution in [3.63, 3.8) is 0 Å². The van der Waals surface area contributed by atoms with E-state index in [-0.39, 0.29) is 0 Å². The lowest BCUT2D eigenvalue weighted by molar-refractivity contribution is 1.10. The number of benzene rings is 1. The van der Waals surface area contributed by atoms with Gasteiger partial charge in [0.1, 0.15) is 0 Å². The molecule has 0 spiro atoms. The van der Waals surface area contributed by atoms with Gasteiger partial charge in [-0.1, -0.05) is 13.0 Å². The molecule has 0 radical (unpaired) electrons. The minimum atomic E-state index is 1.11. The van der Waals surface area contributed by atoms with Crippen molar-refractivity contribution in [3.05, 3.63) is 30.0 Å². The highest BCUT2D eigenvalue weighted by Gasteiger charge is 1.97. The molecule has 0 saturated carbocycles. The summed E-state index contributed by atoms with van der Waals surface area (Å²) in [7, 11) is 0. The normalized spacial score (nSPS) is 10.9. The van der Waals surface area contributed by atoms with E-state index in [4.69, 9.17) is 0 Å². The molecule has 0 saturated heterocycles. The van der Waals surface area contributed by atoms with Gasteiger partial charge in [0.05, 0.1) is 11.7 Å². The molecular formula is C11H14N2S. The molecule has 74 valence electrons. The number of H-pyrrole nitrogens is 1. The first-order chi connectivity index (χ1) is 6.90. The van der Waals surface area contributed by atoms with E-state index in [9.17, 15) is 0 Å². The predicted octanol–water partition coefficient (Wildman–Crippen LogP) is 3.21. The van der Waals surface area contributed by atoms with Crippen molar-refractivity contribution in [3.8, 4) is 0 Å². The molecule has 0 aliphatic heterocycles. The zero-order valence-corrected chi connectivity index (χ0v) is 9.10. The summed E-state index contributed by atoms with van der Waals surface area (Å²) in [5.74, 6) is 2.35. The number of nitrogens with one attached hydrogen (secondary N) is 1. The van der Waals surface area contributed by atoms with Crippen LogP contribution in [0.2, 0.25) is 0 Å². The van der Waals surface area contributed by atoms with Crippen molar-refractivity contribution in [2.45, 2.75) is 19.1 Å². The Bertz CT molecular complexity index is 408. The number of rotatable bonds is 4. The molecule has 0 atom stereocenters. The van der Waals surface area contributed by atoms with Crippen LogP contribution in [0.25, 0.3) is 10.9 Å². The summed E-state index contributed by atoms with van der Waals surface area (Å²) in [5.41, 5.74) is 2.51. The number of aromatic amines is 1. The molecule has 1 aromatic heterocycles. The van der Waals surface area contributed by atoms with Gasteiger partial charge >= 0.3 is 0 Å². The van der Waals surface area contributed by atoms with Gasteiger partial charge in [-0.2, -0.15) is 16.9 Å². The highest BCUT2D eigenvalue weighted by Crippen LogP contribution is 2.17. The molecule has 1 heterocycles. The fourth-order valence-electron chi connectivity index (χ4n) is 1.42. The molecule has 2 rings (SSSR count). The summed E-state index contributed by atoms with van der Waals surface area (Å²) in [6.07, 6.45) is 3.13. The molecule has 0 unspecified atom stereocenters. The predicted molar refractivity (Wildman–Crippen MR) is 62.5 cm³/mol. The molecule has 0 aliphatic carbocycles. The van der Waals surface area contributed by atoms with Crippen molar-refractivity contribution in [1.82, 2.24) is 10.2 Å². The number of hydrogen-bond acceptors (Lipinski definition) is 2. The Labute approximate surface area is 88.1 Å². The molecule has 1 N–H and O–H groups in total. The van der Waals surface area contributed by atoms with Gasteiger partial charge in [-0.15, -0.1) is 0 Å². The van der Waals surface area contributed by atoms with E-state index < -0.39 is 0 Å². The van der Waals surface area contributed by atoms with Gasteiger partial charge in [0.2, 0.25) is 0 Å². The second-order valence-electron chi connectivity index (χ2n) is 3.34. The molecule has 1 aromatic carbocycles. The lowest BCUT2D eigenvalue weighted by Crippen LogP contribution is -1.81. The average Bonchev–Trinajstić information content (AvgIpc) is 2.65. The molecule has 0 aliphatic rings. The summed E-state index contributed by atoms with van der Waals surface area (Å²) < 4.78 is 0. The molecule has 14 heavy (non-hydrogen) atoms. The molecule has 3 heteroatoms. The third-order valence-corrected chi connectivity index (χ3v) is 3.36. The minimum Gasteiger partial charge on any atom is -0.278 e. The summed E-state index contributed by atoms with van der Waals surface area (Å²) >= 11 is 1.99. The van der Waals surface area contributed by atoms with Crippen LogP contribution in [-0.4, -0.2) is 16.0 Å². The highest BCUT2D eigenvalue weighted by molar-refractivity contribution is 7.98. The minimum absolute atomic E-state index is 1.11. The SMILES string of the molecule is CCCSCc1ccc2[nH]ncc2c1. The maximum atomic E-state index is 4.01. The van der Waals surface area contributed by atoms with Crippen LogP contribution in [0.5, 0.6) is 0 Å². The first-order valence-corrected chi connectivity index (χ1v) is 6.05. The van der Waals surface area contributed by atoms with Crippen molar-refractivity contribution in [2.75, 3.05) is 5.75 Å². The fraction of sp³-hybridized carbons (Fsp3) is 0.364. The van der Waals surface area contributed by atoms with Gasteiger partial charge in [-0.05, 0) is 29.9 Å². The van der Waals surface area contributed by atoms with E-state index >= 15 is 0 Å². The highest BCUT2D eigenvalue weighted by atomic mass is 32.2. The third-order valence-electron chi connectivity index (χ3n) is 2.12. The first kappa shape index (κ1) is 9.59. The second-order valence-corrected chi connectivity index (χ2v) is 4.45. The quantitative estimate of drug-likeness (QED) is 0.778. The van der Waals surface area contributed by atoms with Crippen LogP contribution in [0.4, 0.5) is 0 Å². The molecule has 2 aromatic rings. The molecule has 2 nitrogen and oxygen atoms in total. The van der Waals surface area contributed by atoms with Gasteiger partial charge in [-0.3, -0.25) is 5.10 Å². The van der Waals surface area contributed by atoms with Gasteiger partial charge in [-0.25, -0.2) is 0 Å². The van der Waals surface area contributed by atoms with Gasteiger partial charge < -0.3 is 0 Å². The van der Waals surface area contributed by atoms with Crippen molar-refractivity contribution >= 4 is 22.7 Å². The summed E-state index contributed by atoms with van der Waals surface area (Å²) in [4.78, 5) is 0. The Kier molecular flexibility index (Phi) is 3.09. The van der Waals surface area contributed by atoms with Crippen LogP contribution < -0.4 is 0 Å². The largest absolute Gasteiger partial charge is 0.278 e. The number of hydrogen-bond donors (Lipinski definition) is 1. The first-order valence-electron chi connectivity index (χ1n) is 4.90. The Morgan fingerprint density at radius 3 is 3.21 bits per heavy atom. The maximum absolute atomic E-state index is 4.01. The number of thioether (sulfide) groups is 1. The van der Waals surface area contributed by atoms with Crippen molar-refractivity contribution in [2.24, 2.45) is 0 Å². The van der Waals surface area contributed by atoms with Crippen LogP contribution in [0.15, 0.2) is 24.4 Å². The summed E-state index contributed by atoms with van der Waals surface area (Å²) in [6, 6.07) is 6.48. The summed E-state index contributed by atoms with van der Waals surface area (Å²) in [6.45, 7) is 2.21. The van der Waals surface area contributed by atoms with Crippen molar-refractivity contribution < 1.29 is 0 Å². The Morgan fingerprint density at radius 1 is 1.43 bits per heavy atom. The topological polar surface area (TPSA) is 28.7 Å². The number of nitrogens with zero attached hydrogens (tertiary/aromatic N) is 1. The number of aromatic nitrogens is 2. The van der Waals surface area contributed by atoms with E-state index in [1.807, 2.05) is 18.0 Å². The monoisotopic (exact) mass is 206 g/mol. The summed E-state index contributed by atoms with van der Waals surface area (Å²) in [5, 5.41) is 8.17. The molecule has 0 amide bonds. The Morgan fingerprint density at radius 2 is 2.36 bits per heavy atom. The zero-order valence-electron chi connectivity index (χ0n) is 8.29. The zero-order chi connectivity index (χ0) is 9.80. The molecule has 0 bridgehead atoms. The third kappa shape index (κ3) is 2.10. The van der Waals surface area contributed by atoms with Gasteiger partial charge in [0.25, 0.3) is 0 Å². The molecular weight excluding hydrogens is 192 g/mol. The average molecular weight is 206 g/mol. The molecule has 0 fully saturated rings. The maximum Gasteiger partial charge on any atom is 0.0650 e. The second kappa shape index (κ2) is 4.51. The van der Waals surface area contributed by atoms with Crippen LogP contribution in [0.3, 0.4) is 0 Å². The van der Waals surface area contributed by atoms with E-state index in [1.54, 1.807) is 0 Å². The number of fused-ring (bicyclic) bond motifs is 1. The van der Waals surface area contributed by atoms with E-state index in [2.05, 4.69) is 35.3 Å². The Balaban J connectivity index is 2.10.